The fraction of sp³-hybridized carbons (Fsp3) is 0.429. The summed E-state index contributed by atoms with van der Waals surface area (Å²) in [5, 5.41) is 1.97. The van der Waals surface area contributed by atoms with Crippen LogP contribution in [0.5, 0.6) is 5.88 Å². The van der Waals surface area contributed by atoms with Crippen LogP contribution in [0, 0.1) is 0 Å². The molecule has 1 aliphatic rings. The molecule has 3 rings (SSSR count). The lowest BCUT2D eigenvalue weighted by Crippen LogP contribution is -1.92. The molecule has 0 unspecified atom stereocenters. The van der Waals surface area contributed by atoms with Crippen LogP contribution in [0.15, 0.2) is 18.3 Å². The van der Waals surface area contributed by atoms with Crippen molar-refractivity contribution in [2.75, 3.05) is 12.8 Å². The Hall–Kier alpha value is -1.62. The standard InChI is InChI=1S/C14H17N3OS/c1-18-11-7-6-10(8-16-11)12-13(15)19-14(17-12)9-4-2-3-5-9/h6-9H,2-5,15H2,1H3. The fourth-order valence-corrected chi connectivity index (χ4v) is 3.57. The van der Waals surface area contributed by atoms with Crippen LogP contribution in [-0.2, 0) is 0 Å². The highest BCUT2D eigenvalue weighted by Crippen LogP contribution is 2.40. The Kier molecular flexibility index (Phi) is 3.38. The van der Waals surface area contributed by atoms with Crippen molar-refractivity contribution >= 4 is 16.3 Å². The van der Waals surface area contributed by atoms with Gasteiger partial charge in [-0.15, -0.1) is 11.3 Å². The predicted octanol–water partition coefficient (Wildman–Crippen LogP) is 3.45. The first-order valence-electron chi connectivity index (χ1n) is 6.54. The molecule has 2 aromatic rings. The number of ether oxygens (including phenoxy) is 1. The summed E-state index contributed by atoms with van der Waals surface area (Å²) < 4.78 is 5.06. The number of nitrogen functional groups attached to an aromatic ring is 1. The molecule has 100 valence electrons. The Morgan fingerprint density at radius 3 is 2.74 bits per heavy atom. The van der Waals surface area contributed by atoms with Crippen molar-refractivity contribution in [1.29, 1.82) is 0 Å². The molecule has 0 bridgehead atoms. The van der Waals surface area contributed by atoms with Gasteiger partial charge in [0, 0.05) is 23.7 Å². The van der Waals surface area contributed by atoms with Gasteiger partial charge in [0.2, 0.25) is 5.88 Å². The Labute approximate surface area is 116 Å². The first-order valence-corrected chi connectivity index (χ1v) is 7.36. The minimum absolute atomic E-state index is 0.604. The molecule has 1 saturated carbocycles. The van der Waals surface area contributed by atoms with Crippen LogP contribution in [0.1, 0.15) is 36.6 Å². The Morgan fingerprint density at radius 1 is 1.32 bits per heavy atom. The van der Waals surface area contributed by atoms with E-state index in [0.717, 1.165) is 16.3 Å². The number of anilines is 1. The van der Waals surface area contributed by atoms with Gasteiger partial charge in [0.05, 0.1) is 12.1 Å². The van der Waals surface area contributed by atoms with E-state index in [9.17, 15) is 0 Å². The van der Waals surface area contributed by atoms with E-state index in [1.54, 1.807) is 24.6 Å². The number of aromatic nitrogens is 2. The summed E-state index contributed by atoms with van der Waals surface area (Å²) in [5.74, 6) is 1.21. The smallest absolute Gasteiger partial charge is 0.212 e. The molecule has 0 aromatic carbocycles. The summed E-state index contributed by atoms with van der Waals surface area (Å²) in [7, 11) is 1.61. The van der Waals surface area contributed by atoms with E-state index in [4.69, 9.17) is 15.5 Å². The lowest BCUT2D eigenvalue weighted by Gasteiger charge is -2.03. The molecule has 4 nitrogen and oxygen atoms in total. The normalized spacial score (nSPS) is 15.8. The summed E-state index contributed by atoms with van der Waals surface area (Å²) >= 11 is 1.62. The van der Waals surface area contributed by atoms with Crippen molar-refractivity contribution in [3.05, 3.63) is 23.3 Å². The van der Waals surface area contributed by atoms with Crippen molar-refractivity contribution < 1.29 is 4.74 Å². The quantitative estimate of drug-likeness (QED) is 0.932. The summed E-state index contributed by atoms with van der Waals surface area (Å²) in [5.41, 5.74) is 7.93. The number of hydrogen-bond acceptors (Lipinski definition) is 5. The third kappa shape index (κ3) is 2.42. The van der Waals surface area contributed by atoms with Crippen LogP contribution in [-0.4, -0.2) is 17.1 Å². The number of methoxy groups -OCH3 is 1. The van der Waals surface area contributed by atoms with Crippen LogP contribution in [0.2, 0.25) is 0 Å². The maximum absolute atomic E-state index is 6.11. The van der Waals surface area contributed by atoms with Crippen molar-refractivity contribution in [2.45, 2.75) is 31.6 Å². The minimum atomic E-state index is 0.604. The first-order chi connectivity index (χ1) is 9.28. The lowest BCUT2D eigenvalue weighted by atomic mass is 10.1. The van der Waals surface area contributed by atoms with E-state index < -0.39 is 0 Å². The molecule has 0 saturated heterocycles. The van der Waals surface area contributed by atoms with Gasteiger partial charge in [-0.3, -0.25) is 0 Å². The third-order valence-corrected chi connectivity index (χ3v) is 4.64. The zero-order chi connectivity index (χ0) is 13.2. The fourth-order valence-electron chi connectivity index (χ4n) is 2.54. The SMILES string of the molecule is COc1ccc(-c2nc(C3CCCC3)sc2N)cn1. The van der Waals surface area contributed by atoms with E-state index >= 15 is 0 Å². The third-order valence-electron chi connectivity index (χ3n) is 3.59. The summed E-state index contributed by atoms with van der Waals surface area (Å²) in [6.45, 7) is 0. The molecule has 0 radical (unpaired) electrons. The van der Waals surface area contributed by atoms with Gasteiger partial charge < -0.3 is 10.5 Å². The largest absolute Gasteiger partial charge is 0.481 e. The average Bonchev–Trinajstić information content (AvgIpc) is 3.08. The second-order valence-electron chi connectivity index (χ2n) is 4.84. The second kappa shape index (κ2) is 5.17. The van der Waals surface area contributed by atoms with Gasteiger partial charge in [-0.1, -0.05) is 12.8 Å². The van der Waals surface area contributed by atoms with Gasteiger partial charge in [-0.05, 0) is 18.9 Å². The van der Waals surface area contributed by atoms with Crippen LogP contribution in [0.25, 0.3) is 11.3 Å². The average molecular weight is 275 g/mol. The van der Waals surface area contributed by atoms with Gasteiger partial charge in [0.15, 0.2) is 0 Å². The predicted molar refractivity (Wildman–Crippen MR) is 77.5 cm³/mol. The minimum Gasteiger partial charge on any atom is -0.481 e. The van der Waals surface area contributed by atoms with E-state index in [1.807, 2.05) is 12.1 Å². The van der Waals surface area contributed by atoms with Crippen LogP contribution >= 0.6 is 11.3 Å². The number of nitrogens with two attached hydrogens (primary N) is 1. The van der Waals surface area contributed by atoms with Crippen LogP contribution < -0.4 is 10.5 Å². The molecule has 2 heterocycles. The highest BCUT2D eigenvalue weighted by atomic mass is 32.1. The van der Waals surface area contributed by atoms with Gasteiger partial charge in [0.1, 0.15) is 10.7 Å². The Balaban J connectivity index is 1.90. The molecule has 2 aromatic heterocycles. The molecular formula is C14H17N3OS. The zero-order valence-electron chi connectivity index (χ0n) is 10.9. The zero-order valence-corrected chi connectivity index (χ0v) is 11.7. The molecule has 19 heavy (non-hydrogen) atoms. The van der Waals surface area contributed by atoms with Crippen LogP contribution in [0.3, 0.4) is 0 Å². The lowest BCUT2D eigenvalue weighted by molar-refractivity contribution is 0.398. The van der Waals surface area contributed by atoms with Crippen molar-refractivity contribution in [2.24, 2.45) is 0 Å². The molecule has 0 amide bonds. The number of pyridine rings is 1. The first kappa shape index (κ1) is 12.4. The number of rotatable bonds is 3. The second-order valence-corrected chi connectivity index (χ2v) is 5.90. The molecule has 5 heteroatoms. The highest BCUT2D eigenvalue weighted by molar-refractivity contribution is 7.16. The van der Waals surface area contributed by atoms with E-state index in [0.29, 0.717) is 11.8 Å². The highest BCUT2D eigenvalue weighted by Gasteiger charge is 2.22. The van der Waals surface area contributed by atoms with Crippen molar-refractivity contribution in [3.63, 3.8) is 0 Å². The van der Waals surface area contributed by atoms with Gasteiger partial charge in [0.25, 0.3) is 0 Å². The van der Waals surface area contributed by atoms with Gasteiger partial charge in [-0.25, -0.2) is 9.97 Å². The van der Waals surface area contributed by atoms with Crippen molar-refractivity contribution in [3.8, 4) is 17.1 Å². The summed E-state index contributed by atoms with van der Waals surface area (Å²) in [6.07, 6.45) is 6.87. The van der Waals surface area contributed by atoms with Crippen LogP contribution in [0.4, 0.5) is 5.00 Å². The van der Waals surface area contributed by atoms with Gasteiger partial charge >= 0.3 is 0 Å². The number of hydrogen-bond donors (Lipinski definition) is 1. The van der Waals surface area contributed by atoms with Gasteiger partial charge in [-0.2, -0.15) is 0 Å². The number of nitrogens with zero attached hydrogens (tertiary/aromatic N) is 2. The molecule has 1 aliphatic carbocycles. The summed E-state index contributed by atoms with van der Waals surface area (Å²) in [6, 6.07) is 3.79. The Morgan fingerprint density at radius 2 is 2.11 bits per heavy atom. The molecule has 0 aliphatic heterocycles. The molecule has 2 N–H and O–H groups in total. The molecule has 0 atom stereocenters. The molecular weight excluding hydrogens is 258 g/mol. The molecule has 0 spiro atoms. The molecule has 1 fully saturated rings. The van der Waals surface area contributed by atoms with Crippen molar-refractivity contribution in [1.82, 2.24) is 9.97 Å². The topological polar surface area (TPSA) is 61.0 Å². The number of thiazole rings is 1. The Bertz CT molecular complexity index is 559. The van der Waals surface area contributed by atoms with E-state index in [-0.39, 0.29) is 0 Å². The maximum Gasteiger partial charge on any atom is 0.212 e. The van der Waals surface area contributed by atoms with E-state index in [2.05, 4.69) is 4.98 Å². The summed E-state index contributed by atoms with van der Waals surface area (Å²) in [4.78, 5) is 8.94. The van der Waals surface area contributed by atoms with E-state index in [1.165, 1.54) is 30.7 Å². The maximum atomic E-state index is 6.11. The monoisotopic (exact) mass is 275 g/mol.